The molecule has 1 nitrogen and oxygen atoms in total. The molecule has 0 saturated carbocycles. The fourth-order valence-corrected chi connectivity index (χ4v) is 1.04. The number of hydrogen-bond donors (Lipinski definition) is 0. The molecule has 68 valence electrons. The molecule has 1 aromatic carbocycles. The molecular formula is C12H14O. The van der Waals surface area contributed by atoms with E-state index in [1.807, 2.05) is 30.3 Å². The number of para-hydroxylation sites is 1. The molecule has 0 aliphatic rings. The molecule has 1 rings (SSSR count). The van der Waals surface area contributed by atoms with Crippen LogP contribution < -0.4 is 4.74 Å². The largest absolute Gasteiger partial charge is 0.494 e. The van der Waals surface area contributed by atoms with Crippen LogP contribution in [0.3, 0.4) is 0 Å². The van der Waals surface area contributed by atoms with Crippen LogP contribution in [0.25, 0.3) is 0 Å². The highest BCUT2D eigenvalue weighted by Gasteiger charge is 1.90. The lowest BCUT2D eigenvalue weighted by atomic mass is 10.2. The number of hydrogen-bond acceptors (Lipinski definition) is 1. The van der Waals surface area contributed by atoms with E-state index in [0.29, 0.717) is 0 Å². The van der Waals surface area contributed by atoms with Crippen molar-refractivity contribution in [3.8, 4) is 18.1 Å². The van der Waals surface area contributed by atoms with Crippen molar-refractivity contribution in [3.05, 3.63) is 30.3 Å². The minimum Gasteiger partial charge on any atom is -0.494 e. The molecule has 0 bridgehead atoms. The van der Waals surface area contributed by atoms with Gasteiger partial charge in [0.15, 0.2) is 0 Å². The second-order valence-corrected chi connectivity index (χ2v) is 2.82. The summed E-state index contributed by atoms with van der Waals surface area (Å²) in [5.41, 5.74) is 0. The van der Waals surface area contributed by atoms with E-state index in [0.717, 1.165) is 31.6 Å². The number of rotatable bonds is 5. The number of unbranched alkanes of at least 4 members (excludes halogenated alkanes) is 2. The first-order valence-corrected chi connectivity index (χ1v) is 4.55. The number of ether oxygens (including phenoxy) is 1. The molecule has 0 amide bonds. The van der Waals surface area contributed by atoms with Gasteiger partial charge in [0, 0.05) is 6.42 Å². The maximum atomic E-state index is 5.48. The van der Waals surface area contributed by atoms with Crippen molar-refractivity contribution >= 4 is 0 Å². The Hall–Kier alpha value is -1.42. The molecule has 0 saturated heterocycles. The summed E-state index contributed by atoms with van der Waals surface area (Å²) in [5.74, 6) is 3.54. The third kappa shape index (κ3) is 4.22. The normalized spacial score (nSPS) is 9.15. The first-order chi connectivity index (χ1) is 6.43. The van der Waals surface area contributed by atoms with E-state index in [9.17, 15) is 0 Å². The molecule has 0 heterocycles. The average Bonchev–Trinajstić information content (AvgIpc) is 2.19. The van der Waals surface area contributed by atoms with E-state index in [2.05, 4.69) is 5.92 Å². The van der Waals surface area contributed by atoms with Gasteiger partial charge in [-0.05, 0) is 25.0 Å². The van der Waals surface area contributed by atoms with Crippen LogP contribution >= 0.6 is 0 Å². The van der Waals surface area contributed by atoms with E-state index < -0.39 is 0 Å². The Morgan fingerprint density at radius 3 is 2.62 bits per heavy atom. The first-order valence-electron chi connectivity index (χ1n) is 4.55. The summed E-state index contributed by atoms with van der Waals surface area (Å²) in [6.45, 7) is 0.756. The second-order valence-electron chi connectivity index (χ2n) is 2.82. The minimum absolute atomic E-state index is 0.756. The lowest BCUT2D eigenvalue weighted by Gasteiger charge is -2.03. The Balaban J connectivity index is 2.11. The predicted octanol–water partition coefficient (Wildman–Crippen LogP) is 2.87. The van der Waals surface area contributed by atoms with Gasteiger partial charge in [-0.15, -0.1) is 12.3 Å². The Labute approximate surface area is 79.7 Å². The molecule has 0 radical (unpaired) electrons. The van der Waals surface area contributed by atoms with Gasteiger partial charge in [0.05, 0.1) is 6.61 Å². The summed E-state index contributed by atoms with van der Waals surface area (Å²) >= 11 is 0. The van der Waals surface area contributed by atoms with E-state index in [4.69, 9.17) is 11.2 Å². The quantitative estimate of drug-likeness (QED) is 0.492. The maximum absolute atomic E-state index is 5.48. The summed E-state index contributed by atoms with van der Waals surface area (Å²) in [6, 6.07) is 9.83. The van der Waals surface area contributed by atoms with Gasteiger partial charge in [-0.1, -0.05) is 18.2 Å². The average molecular weight is 174 g/mol. The van der Waals surface area contributed by atoms with E-state index in [-0.39, 0.29) is 0 Å². The maximum Gasteiger partial charge on any atom is 0.119 e. The minimum atomic E-state index is 0.756. The van der Waals surface area contributed by atoms with Crippen molar-refractivity contribution in [1.82, 2.24) is 0 Å². The van der Waals surface area contributed by atoms with Crippen molar-refractivity contribution in [2.45, 2.75) is 19.3 Å². The first kappa shape index (κ1) is 9.67. The Bertz CT molecular complexity index is 258. The van der Waals surface area contributed by atoms with Gasteiger partial charge in [0.25, 0.3) is 0 Å². The zero-order valence-corrected chi connectivity index (χ0v) is 7.70. The van der Waals surface area contributed by atoms with Gasteiger partial charge >= 0.3 is 0 Å². The molecular weight excluding hydrogens is 160 g/mol. The van der Waals surface area contributed by atoms with Crippen molar-refractivity contribution in [3.63, 3.8) is 0 Å². The molecule has 0 aliphatic heterocycles. The molecule has 0 N–H and O–H groups in total. The zero-order chi connectivity index (χ0) is 9.36. The lowest BCUT2D eigenvalue weighted by Crippen LogP contribution is -1.96. The molecule has 0 aromatic heterocycles. The standard InChI is InChI=1S/C12H14O/c1-2-3-4-8-11-13-12-9-6-5-7-10-12/h1,5-7,9-10H,3-4,8,11H2. The molecule has 0 spiro atoms. The summed E-state index contributed by atoms with van der Waals surface area (Å²) in [7, 11) is 0. The topological polar surface area (TPSA) is 9.23 Å². The molecule has 0 aliphatic carbocycles. The van der Waals surface area contributed by atoms with Crippen LogP contribution in [0.1, 0.15) is 19.3 Å². The molecule has 0 unspecified atom stereocenters. The van der Waals surface area contributed by atoms with Crippen LogP contribution in [0.15, 0.2) is 30.3 Å². The van der Waals surface area contributed by atoms with Crippen LogP contribution in [0, 0.1) is 12.3 Å². The summed E-state index contributed by atoms with van der Waals surface area (Å²) in [4.78, 5) is 0. The zero-order valence-electron chi connectivity index (χ0n) is 7.70. The van der Waals surface area contributed by atoms with Crippen molar-refractivity contribution < 1.29 is 4.74 Å². The molecule has 0 fully saturated rings. The second kappa shape index (κ2) is 6.14. The third-order valence-corrected chi connectivity index (χ3v) is 1.73. The fraction of sp³-hybridized carbons (Fsp3) is 0.333. The third-order valence-electron chi connectivity index (χ3n) is 1.73. The van der Waals surface area contributed by atoms with E-state index >= 15 is 0 Å². The predicted molar refractivity (Wildman–Crippen MR) is 54.6 cm³/mol. The number of terminal acetylenes is 1. The Morgan fingerprint density at radius 2 is 1.92 bits per heavy atom. The van der Waals surface area contributed by atoms with Crippen molar-refractivity contribution in [2.75, 3.05) is 6.61 Å². The Kier molecular flexibility index (Phi) is 4.56. The Morgan fingerprint density at radius 1 is 1.15 bits per heavy atom. The SMILES string of the molecule is C#CCCCCOc1ccccc1. The molecule has 0 atom stereocenters. The number of benzene rings is 1. The highest BCUT2D eigenvalue weighted by Crippen LogP contribution is 2.08. The van der Waals surface area contributed by atoms with Gasteiger partial charge in [-0.3, -0.25) is 0 Å². The van der Waals surface area contributed by atoms with Crippen LogP contribution in [0.2, 0.25) is 0 Å². The van der Waals surface area contributed by atoms with Gasteiger partial charge in [0.1, 0.15) is 5.75 Å². The van der Waals surface area contributed by atoms with Gasteiger partial charge in [0.2, 0.25) is 0 Å². The van der Waals surface area contributed by atoms with Gasteiger partial charge in [-0.25, -0.2) is 0 Å². The molecule has 13 heavy (non-hydrogen) atoms. The van der Waals surface area contributed by atoms with E-state index in [1.54, 1.807) is 0 Å². The highest BCUT2D eigenvalue weighted by atomic mass is 16.5. The fourth-order valence-electron chi connectivity index (χ4n) is 1.04. The van der Waals surface area contributed by atoms with Crippen LogP contribution in [-0.2, 0) is 0 Å². The van der Waals surface area contributed by atoms with Crippen molar-refractivity contribution in [1.29, 1.82) is 0 Å². The molecule has 1 aromatic rings. The van der Waals surface area contributed by atoms with Crippen LogP contribution in [0.4, 0.5) is 0 Å². The van der Waals surface area contributed by atoms with Crippen LogP contribution in [-0.4, -0.2) is 6.61 Å². The highest BCUT2D eigenvalue weighted by molar-refractivity contribution is 5.20. The summed E-state index contributed by atoms with van der Waals surface area (Å²) in [6.07, 6.45) is 8.05. The lowest BCUT2D eigenvalue weighted by molar-refractivity contribution is 0.307. The van der Waals surface area contributed by atoms with E-state index in [1.165, 1.54) is 0 Å². The summed E-state index contributed by atoms with van der Waals surface area (Å²) in [5, 5.41) is 0. The monoisotopic (exact) mass is 174 g/mol. The molecule has 1 heteroatoms. The smallest absolute Gasteiger partial charge is 0.119 e. The van der Waals surface area contributed by atoms with Crippen molar-refractivity contribution in [2.24, 2.45) is 0 Å². The van der Waals surface area contributed by atoms with Gasteiger partial charge in [-0.2, -0.15) is 0 Å². The summed E-state index contributed by atoms with van der Waals surface area (Å²) < 4.78 is 5.48. The van der Waals surface area contributed by atoms with Gasteiger partial charge < -0.3 is 4.74 Å². The van der Waals surface area contributed by atoms with Crippen LogP contribution in [0.5, 0.6) is 5.75 Å².